The monoisotopic (exact) mass is 292 g/mol. The molecule has 0 radical (unpaired) electrons. The largest absolute Gasteiger partial charge is 0.498 e. The predicted octanol–water partition coefficient (Wildman–Crippen LogP) is 2.32. The van der Waals surface area contributed by atoms with Gasteiger partial charge in [-0.1, -0.05) is 17.7 Å². The Kier molecular flexibility index (Phi) is 4.66. The SMILES string of the molecule is COCCOc1ccc(C)cc1B1OC(C)(C)C(C)(C)O1. The van der Waals surface area contributed by atoms with Crippen molar-refractivity contribution in [1.29, 1.82) is 0 Å². The van der Waals surface area contributed by atoms with Gasteiger partial charge in [0.05, 0.1) is 17.8 Å². The molecule has 0 amide bonds. The molecule has 4 nitrogen and oxygen atoms in total. The summed E-state index contributed by atoms with van der Waals surface area (Å²) < 4.78 is 23.1. The van der Waals surface area contributed by atoms with Crippen molar-refractivity contribution >= 4 is 12.6 Å². The van der Waals surface area contributed by atoms with E-state index in [9.17, 15) is 0 Å². The standard InChI is InChI=1S/C16H25BO4/c1-12-7-8-14(19-10-9-18-6)13(11-12)17-20-15(2,3)16(4,5)21-17/h7-8,11H,9-10H2,1-6H3. The van der Waals surface area contributed by atoms with Crippen molar-refractivity contribution in [2.45, 2.75) is 45.8 Å². The topological polar surface area (TPSA) is 36.9 Å². The summed E-state index contributed by atoms with van der Waals surface area (Å²) in [5.74, 6) is 0.788. The third kappa shape index (κ3) is 3.42. The van der Waals surface area contributed by atoms with Gasteiger partial charge in [-0.25, -0.2) is 0 Å². The Hall–Kier alpha value is -1.04. The summed E-state index contributed by atoms with van der Waals surface area (Å²) in [5, 5.41) is 0. The molecule has 116 valence electrons. The first-order valence-corrected chi connectivity index (χ1v) is 7.35. The Labute approximate surface area is 127 Å². The van der Waals surface area contributed by atoms with Crippen LogP contribution in [-0.4, -0.2) is 38.6 Å². The lowest BCUT2D eigenvalue weighted by atomic mass is 9.77. The van der Waals surface area contributed by atoms with Crippen LogP contribution in [0, 0.1) is 6.92 Å². The fraction of sp³-hybridized carbons (Fsp3) is 0.625. The molecule has 0 bridgehead atoms. The van der Waals surface area contributed by atoms with E-state index in [4.69, 9.17) is 18.8 Å². The highest BCUT2D eigenvalue weighted by atomic mass is 16.7. The van der Waals surface area contributed by atoms with Gasteiger partial charge in [-0.2, -0.15) is 0 Å². The van der Waals surface area contributed by atoms with E-state index in [1.807, 2.05) is 46.8 Å². The van der Waals surface area contributed by atoms with E-state index < -0.39 is 7.12 Å². The van der Waals surface area contributed by atoms with Crippen molar-refractivity contribution in [3.05, 3.63) is 23.8 Å². The van der Waals surface area contributed by atoms with Gasteiger partial charge in [-0.05, 0) is 40.7 Å². The lowest BCUT2D eigenvalue weighted by Gasteiger charge is -2.32. The van der Waals surface area contributed by atoms with Crippen LogP contribution >= 0.6 is 0 Å². The first-order chi connectivity index (χ1) is 9.77. The number of hydrogen-bond donors (Lipinski definition) is 0. The molecule has 1 saturated heterocycles. The van der Waals surface area contributed by atoms with Crippen LogP contribution in [0.3, 0.4) is 0 Å². The van der Waals surface area contributed by atoms with Crippen LogP contribution in [0.25, 0.3) is 0 Å². The van der Waals surface area contributed by atoms with Crippen molar-refractivity contribution in [3.8, 4) is 5.75 Å². The zero-order valence-corrected chi connectivity index (χ0v) is 13.9. The second-order valence-electron chi connectivity index (χ2n) is 6.47. The fourth-order valence-electron chi connectivity index (χ4n) is 2.19. The van der Waals surface area contributed by atoms with Crippen molar-refractivity contribution < 1.29 is 18.8 Å². The van der Waals surface area contributed by atoms with Gasteiger partial charge in [0.15, 0.2) is 0 Å². The number of benzene rings is 1. The molecule has 2 rings (SSSR count). The maximum absolute atomic E-state index is 6.12. The summed E-state index contributed by atoms with van der Waals surface area (Å²) in [4.78, 5) is 0. The first kappa shape index (κ1) is 16.3. The second kappa shape index (κ2) is 5.99. The molecule has 0 N–H and O–H groups in total. The first-order valence-electron chi connectivity index (χ1n) is 7.35. The molecule has 0 aliphatic carbocycles. The molecule has 0 unspecified atom stereocenters. The third-order valence-corrected chi connectivity index (χ3v) is 4.22. The molecule has 5 heteroatoms. The zero-order valence-electron chi connectivity index (χ0n) is 13.9. The van der Waals surface area contributed by atoms with E-state index in [-0.39, 0.29) is 11.2 Å². The Bertz CT molecular complexity index is 483. The van der Waals surface area contributed by atoms with Crippen molar-refractivity contribution in [1.82, 2.24) is 0 Å². The normalized spacial score (nSPS) is 19.8. The van der Waals surface area contributed by atoms with Gasteiger partial charge < -0.3 is 18.8 Å². The summed E-state index contributed by atoms with van der Waals surface area (Å²) in [6.45, 7) is 11.3. The van der Waals surface area contributed by atoms with Crippen molar-refractivity contribution in [2.24, 2.45) is 0 Å². The number of aryl methyl sites for hydroxylation is 1. The molecule has 1 heterocycles. The predicted molar refractivity (Wildman–Crippen MR) is 84.3 cm³/mol. The van der Waals surface area contributed by atoms with Gasteiger partial charge >= 0.3 is 7.12 Å². The Morgan fingerprint density at radius 3 is 2.24 bits per heavy atom. The molecule has 1 aliphatic rings. The van der Waals surface area contributed by atoms with E-state index in [1.54, 1.807) is 7.11 Å². The number of ether oxygens (including phenoxy) is 2. The van der Waals surface area contributed by atoms with E-state index in [0.29, 0.717) is 13.2 Å². The second-order valence-corrected chi connectivity index (χ2v) is 6.47. The highest BCUT2D eigenvalue weighted by Crippen LogP contribution is 2.37. The third-order valence-electron chi connectivity index (χ3n) is 4.22. The van der Waals surface area contributed by atoms with E-state index in [1.165, 1.54) is 0 Å². The molecule has 0 saturated carbocycles. The summed E-state index contributed by atoms with van der Waals surface area (Å²) in [6.07, 6.45) is 0. The lowest BCUT2D eigenvalue weighted by Crippen LogP contribution is -2.41. The minimum atomic E-state index is -0.410. The average Bonchev–Trinajstić information content (AvgIpc) is 2.60. The Morgan fingerprint density at radius 2 is 1.67 bits per heavy atom. The molecule has 0 spiro atoms. The smallest absolute Gasteiger partial charge is 0.492 e. The summed E-state index contributed by atoms with van der Waals surface area (Å²) in [7, 11) is 1.25. The van der Waals surface area contributed by atoms with Crippen LogP contribution in [0.2, 0.25) is 0 Å². The van der Waals surface area contributed by atoms with Gasteiger partial charge in [-0.15, -0.1) is 0 Å². The Balaban J connectivity index is 2.25. The molecule has 0 atom stereocenters. The van der Waals surface area contributed by atoms with E-state index in [0.717, 1.165) is 16.8 Å². The van der Waals surface area contributed by atoms with Crippen LogP contribution in [0.15, 0.2) is 18.2 Å². The summed E-state index contributed by atoms with van der Waals surface area (Å²) >= 11 is 0. The Morgan fingerprint density at radius 1 is 1.05 bits per heavy atom. The van der Waals surface area contributed by atoms with Gasteiger partial charge in [0.1, 0.15) is 12.4 Å². The molecule has 0 aromatic heterocycles. The van der Waals surface area contributed by atoms with Gasteiger partial charge in [0, 0.05) is 12.6 Å². The molecule has 1 aromatic rings. The quantitative estimate of drug-likeness (QED) is 0.616. The maximum Gasteiger partial charge on any atom is 0.498 e. The molecular formula is C16H25BO4. The molecule has 1 aromatic carbocycles. The highest BCUT2D eigenvalue weighted by Gasteiger charge is 2.52. The maximum atomic E-state index is 6.12. The number of rotatable bonds is 5. The van der Waals surface area contributed by atoms with Crippen LogP contribution < -0.4 is 10.2 Å². The van der Waals surface area contributed by atoms with Gasteiger partial charge in [0.25, 0.3) is 0 Å². The highest BCUT2D eigenvalue weighted by molar-refractivity contribution is 6.63. The molecule has 1 aliphatic heterocycles. The van der Waals surface area contributed by atoms with Gasteiger partial charge in [-0.3, -0.25) is 0 Å². The van der Waals surface area contributed by atoms with Crippen LogP contribution in [0.5, 0.6) is 5.75 Å². The molecule has 1 fully saturated rings. The van der Waals surface area contributed by atoms with E-state index >= 15 is 0 Å². The van der Waals surface area contributed by atoms with Gasteiger partial charge in [0.2, 0.25) is 0 Å². The van der Waals surface area contributed by atoms with Crippen LogP contribution in [0.1, 0.15) is 33.3 Å². The van der Waals surface area contributed by atoms with Crippen LogP contribution in [0.4, 0.5) is 0 Å². The summed E-state index contributed by atoms with van der Waals surface area (Å²) in [6, 6.07) is 6.05. The number of hydrogen-bond acceptors (Lipinski definition) is 4. The average molecular weight is 292 g/mol. The van der Waals surface area contributed by atoms with Crippen molar-refractivity contribution in [2.75, 3.05) is 20.3 Å². The van der Waals surface area contributed by atoms with Crippen molar-refractivity contribution in [3.63, 3.8) is 0 Å². The summed E-state index contributed by atoms with van der Waals surface area (Å²) in [5.41, 5.74) is 1.37. The molecular weight excluding hydrogens is 267 g/mol. The van der Waals surface area contributed by atoms with E-state index in [2.05, 4.69) is 6.07 Å². The lowest BCUT2D eigenvalue weighted by molar-refractivity contribution is 0.00578. The zero-order chi connectivity index (χ0) is 15.7. The van der Waals surface area contributed by atoms with Crippen LogP contribution in [-0.2, 0) is 14.0 Å². The minimum absolute atomic E-state index is 0.356. The molecule has 21 heavy (non-hydrogen) atoms. The number of methoxy groups -OCH3 is 1. The fourth-order valence-corrected chi connectivity index (χ4v) is 2.19. The minimum Gasteiger partial charge on any atom is -0.492 e.